The molecule has 4 heterocycles. The Bertz CT molecular complexity index is 780. The number of aryl methyl sites for hydroxylation is 3. The highest BCUT2D eigenvalue weighted by Gasteiger charge is 2.28. The molecule has 2 aromatic heterocycles. The van der Waals surface area contributed by atoms with E-state index < -0.39 is 0 Å². The monoisotopic (exact) mass is 370 g/mol. The van der Waals surface area contributed by atoms with Gasteiger partial charge in [-0.3, -0.25) is 9.89 Å². The lowest BCUT2D eigenvalue weighted by Crippen LogP contribution is -2.38. The van der Waals surface area contributed by atoms with Crippen LogP contribution in [0.1, 0.15) is 73.0 Å². The van der Waals surface area contributed by atoms with Gasteiger partial charge in [-0.25, -0.2) is 0 Å². The zero-order valence-corrected chi connectivity index (χ0v) is 16.5. The van der Waals surface area contributed by atoms with E-state index in [4.69, 9.17) is 0 Å². The predicted molar refractivity (Wildman–Crippen MR) is 103 cm³/mol. The van der Waals surface area contributed by atoms with Crippen molar-refractivity contribution >= 4 is 5.91 Å². The predicted octanol–water partition coefficient (Wildman–Crippen LogP) is 2.68. The zero-order chi connectivity index (χ0) is 18.8. The van der Waals surface area contributed by atoms with Gasteiger partial charge in [0.15, 0.2) is 0 Å². The van der Waals surface area contributed by atoms with E-state index in [1.165, 1.54) is 24.8 Å². The molecular weight excluding hydrogens is 340 g/mol. The van der Waals surface area contributed by atoms with E-state index in [1.807, 2.05) is 18.7 Å². The molecule has 2 aromatic rings. The van der Waals surface area contributed by atoms with E-state index in [9.17, 15) is 4.79 Å². The molecule has 0 aromatic carbocycles. The number of hydrogen-bond acceptors (Lipinski definition) is 4. The largest absolute Gasteiger partial charge is 0.343 e. The Labute approximate surface area is 160 Å². The number of carbonyl (C=O) groups is 1. The average Bonchev–Trinajstić information content (AvgIpc) is 3.13. The second kappa shape index (κ2) is 7.82. The lowest BCUT2D eigenvalue weighted by Gasteiger charge is -2.32. The summed E-state index contributed by atoms with van der Waals surface area (Å²) in [5.74, 6) is 3.01. The molecule has 7 nitrogen and oxygen atoms in total. The third-order valence-corrected chi connectivity index (χ3v) is 6.22. The average molecular weight is 371 g/mol. The normalized spacial score (nSPS) is 18.4. The van der Waals surface area contributed by atoms with Crippen LogP contribution in [0.25, 0.3) is 0 Å². The van der Waals surface area contributed by atoms with E-state index in [-0.39, 0.29) is 5.91 Å². The molecule has 0 bridgehead atoms. The summed E-state index contributed by atoms with van der Waals surface area (Å²) < 4.78 is 2.36. The molecule has 1 saturated heterocycles. The van der Waals surface area contributed by atoms with Crippen LogP contribution in [0.2, 0.25) is 0 Å². The molecule has 1 amide bonds. The standard InChI is InChI=1S/C20H30N6O/c1-14-17(15(2)22-21-14)7-8-19(27)25-12-9-16(10-13-25)20-24-23-18-6-4-3-5-11-26(18)20/h16H,3-13H2,1-2H3,(H,21,22). The number of carbonyl (C=O) groups excluding carboxylic acids is 1. The van der Waals surface area contributed by atoms with Crippen LogP contribution < -0.4 is 0 Å². The summed E-state index contributed by atoms with van der Waals surface area (Å²) in [5, 5.41) is 16.2. The van der Waals surface area contributed by atoms with Gasteiger partial charge in [-0.1, -0.05) is 6.42 Å². The van der Waals surface area contributed by atoms with E-state index >= 15 is 0 Å². The third-order valence-electron chi connectivity index (χ3n) is 6.22. The first-order chi connectivity index (χ1) is 13.1. The number of nitrogens with zero attached hydrogens (tertiary/aromatic N) is 5. The topological polar surface area (TPSA) is 79.7 Å². The molecule has 146 valence electrons. The Morgan fingerprint density at radius 2 is 1.93 bits per heavy atom. The fraction of sp³-hybridized carbons (Fsp3) is 0.700. The van der Waals surface area contributed by atoms with Gasteiger partial charge >= 0.3 is 0 Å². The number of H-pyrrole nitrogens is 1. The van der Waals surface area contributed by atoms with Crippen molar-refractivity contribution in [1.29, 1.82) is 0 Å². The van der Waals surface area contributed by atoms with Gasteiger partial charge in [-0.15, -0.1) is 10.2 Å². The molecule has 7 heteroatoms. The van der Waals surface area contributed by atoms with Crippen LogP contribution in [0.3, 0.4) is 0 Å². The van der Waals surface area contributed by atoms with Crippen LogP contribution in [-0.4, -0.2) is 48.9 Å². The van der Waals surface area contributed by atoms with Gasteiger partial charge in [-0.05, 0) is 51.5 Å². The smallest absolute Gasteiger partial charge is 0.222 e. The Morgan fingerprint density at radius 3 is 2.67 bits per heavy atom. The minimum Gasteiger partial charge on any atom is -0.343 e. The summed E-state index contributed by atoms with van der Waals surface area (Å²) in [6.45, 7) is 6.73. The van der Waals surface area contributed by atoms with Crippen molar-refractivity contribution in [3.05, 3.63) is 28.6 Å². The van der Waals surface area contributed by atoms with E-state index in [0.717, 1.165) is 68.4 Å². The molecule has 1 fully saturated rings. The summed E-state index contributed by atoms with van der Waals surface area (Å²) >= 11 is 0. The van der Waals surface area contributed by atoms with Crippen molar-refractivity contribution in [2.24, 2.45) is 0 Å². The SMILES string of the molecule is Cc1n[nH]c(C)c1CCC(=O)N1CCC(c2nnc3n2CCCCC3)CC1. The van der Waals surface area contributed by atoms with Crippen LogP contribution in [-0.2, 0) is 24.2 Å². The van der Waals surface area contributed by atoms with Gasteiger partial charge in [-0.2, -0.15) is 5.10 Å². The van der Waals surface area contributed by atoms with Gasteiger partial charge in [0.2, 0.25) is 5.91 Å². The van der Waals surface area contributed by atoms with Gasteiger partial charge < -0.3 is 9.47 Å². The van der Waals surface area contributed by atoms with Crippen LogP contribution in [0, 0.1) is 13.8 Å². The number of hydrogen-bond donors (Lipinski definition) is 1. The Morgan fingerprint density at radius 1 is 1.11 bits per heavy atom. The Balaban J connectivity index is 1.32. The molecule has 0 aliphatic carbocycles. The first-order valence-corrected chi connectivity index (χ1v) is 10.3. The van der Waals surface area contributed by atoms with Crippen LogP contribution >= 0.6 is 0 Å². The maximum atomic E-state index is 12.6. The molecule has 2 aliphatic heterocycles. The first-order valence-electron chi connectivity index (χ1n) is 10.3. The number of aromatic amines is 1. The molecule has 1 N–H and O–H groups in total. The number of rotatable bonds is 4. The van der Waals surface area contributed by atoms with Gasteiger partial charge in [0.05, 0.1) is 5.69 Å². The van der Waals surface area contributed by atoms with E-state index in [1.54, 1.807) is 0 Å². The molecule has 0 spiro atoms. The van der Waals surface area contributed by atoms with Crippen molar-refractivity contribution in [3.63, 3.8) is 0 Å². The number of aromatic nitrogens is 5. The van der Waals surface area contributed by atoms with Crippen LogP contribution in [0.4, 0.5) is 0 Å². The highest BCUT2D eigenvalue weighted by molar-refractivity contribution is 5.76. The summed E-state index contributed by atoms with van der Waals surface area (Å²) in [6, 6.07) is 0. The van der Waals surface area contributed by atoms with Crippen molar-refractivity contribution < 1.29 is 4.79 Å². The quantitative estimate of drug-likeness (QED) is 0.897. The van der Waals surface area contributed by atoms with Gasteiger partial charge in [0.1, 0.15) is 11.6 Å². The fourth-order valence-electron chi connectivity index (χ4n) is 4.53. The lowest BCUT2D eigenvalue weighted by molar-refractivity contribution is -0.132. The summed E-state index contributed by atoms with van der Waals surface area (Å²) in [6.07, 6.45) is 8.10. The maximum absolute atomic E-state index is 12.6. The number of amides is 1. The molecule has 0 unspecified atom stereocenters. The van der Waals surface area contributed by atoms with Crippen molar-refractivity contribution in [2.75, 3.05) is 13.1 Å². The Kier molecular flexibility index (Phi) is 5.27. The highest BCUT2D eigenvalue weighted by atomic mass is 16.2. The van der Waals surface area contributed by atoms with Gasteiger partial charge in [0, 0.05) is 44.1 Å². The van der Waals surface area contributed by atoms with E-state index in [0.29, 0.717) is 12.3 Å². The second-order valence-corrected chi connectivity index (χ2v) is 8.00. The number of piperidine rings is 1. The van der Waals surface area contributed by atoms with Crippen molar-refractivity contribution in [3.8, 4) is 0 Å². The molecular formula is C20H30N6O. The summed E-state index contributed by atoms with van der Waals surface area (Å²) in [7, 11) is 0. The zero-order valence-electron chi connectivity index (χ0n) is 16.5. The second-order valence-electron chi connectivity index (χ2n) is 8.00. The molecule has 27 heavy (non-hydrogen) atoms. The minimum atomic E-state index is 0.258. The van der Waals surface area contributed by atoms with E-state index in [2.05, 4.69) is 25.0 Å². The molecule has 2 aliphatic rings. The van der Waals surface area contributed by atoms with Crippen molar-refractivity contribution in [2.45, 2.75) is 77.7 Å². The molecule has 0 radical (unpaired) electrons. The summed E-state index contributed by atoms with van der Waals surface area (Å²) in [4.78, 5) is 14.7. The van der Waals surface area contributed by atoms with Crippen molar-refractivity contribution in [1.82, 2.24) is 29.9 Å². The highest BCUT2D eigenvalue weighted by Crippen LogP contribution is 2.29. The number of fused-ring (bicyclic) bond motifs is 1. The van der Waals surface area contributed by atoms with Crippen LogP contribution in [0.15, 0.2) is 0 Å². The molecule has 0 saturated carbocycles. The minimum absolute atomic E-state index is 0.258. The third kappa shape index (κ3) is 3.77. The molecule has 4 rings (SSSR count). The first kappa shape index (κ1) is 18.2. The molecule has 0 atom stereocenters. The van der Waals surface area contributed by atoms with Crippen LogP contribution in [0.5, 0.6) is 0 Å². The fourth-order valence-corrected chi connectivity index (χ4v) is 4.53. The number of likely N-dealkylation sites (tertiary alicyclic amines) is 1. The maximum Gasteiger partial charge on any atom is 0.222 e. The lowest BCUT2D eigenvalue weighted by atomic mass is 9.95. The van der Waals surface area contributed by atoms with Gasteiger partial charge in [0.25, 0.3) is 0 Å². The summed E-state index contributed by atoms with van der Waals surface area (Å²) in [5.41, 5.74) is 3.27. The Hall–Kier alpha value is -2.18. The number of nitrogens with one attached hydrogen (secondary N) is 1.